The van der Waals surface area contributed by atoms with Crippen molar-refractivity contribution in [3.8, 4) is 18.4 Å². The number of benzene rings is 1. The van der Waals surface area contributed by atoms with E-state index < -0.39 is 0 Å². The van der Waals surface area contributed by atoms with E-state index in [0.717, 1.165) is 36.2 Å². The van der Waals surface area contributed by atoms with Crippen LogP contribution < -0.4 is 0 Å². The lowest BCUT2D eigenvalue weighted by Crippen LogP contribution is -2.03. The minimum absolute atomic E-state index is 0.338. The molecule has 0 amide bonds. The summed E-state index contributed by atoms with van der Waals surface area (Å²) in [4.78, 5) is 4.47. The summed E-state index contributed by atoms with van der Waals surface area (Å²) in [6, 6.07) is 10.1. The number of para-hydroxylation sites is 2. The first-order valence-corrected chi connectivity index (χ1v) is 5.61. The Hall–Kier alpha value is -2.26. The summed E-state index contributed by atoms with van der Waals surface area (Å²) in [6.07, 6.45) is 7.25. The van der Waals surface area contributed by atoms with Crippen molar-refractivity contribution in [2.75, 3.05) is 0 Å². The van der Waals surface area contributed by atoms with Gasteiger partial charge in [0.05, 0.1) is 23.5 Å². The third kappa shape index (κ3) is 2.29. The fraction of sp³-hybridized carbons (Fsp3) is 0.286. The number of fused-ring (bicyclic) bond motifs is 1. The van der Waals surface area contributed by atoms with E-state index in [1.165, 1.54) is 0 Å². The van der Waals surface area contributed by atoms with Crippen LogP contribution in [0, 0.1) is 23.7 Å². The molecule has 0 saturated heterocycles. The molecule has 0 aliphatic heterocycles. The molecule has 1 heterocycles. The van der Waals surface area contributed by atoms with Gasteiger partial charge in [-0.15, -0.1) is 12.3 Å². The average molecular weight is 223 g/mol. The van der Waals surface area contributed by atoms with Gasteiger partial charge in [-0.3, -0.25) is 0 Å². The molecule has 0 atom stereocenters. The van der Waals surface area contributed by atoms with E-state index in [-0.39, 0.29) is 0 Å². The van der Waals surface area contributed by atoms with Crippen LogP contribution in [-0.2, 0) is 13.0 Å². The number of unbranched alkanes of at least 4 members (excludes halogenated alkanes) is 1. The summed E-state index contributed by atoms with van der Waals surface area (Å²) in [6.45, 7) is 0.821. The van der Waals surface area contributed by atoms with Crippen molar-refractivity contribution in [2.24, 2.45) is 0 Å². The van der Waals surface area contributed by atoms with Crippen molar-refractivity contribution in [1.29, 1.82) is 5.26 Å². The molecule has 0 spiro atoms. The number of terminal acetylenes is 1. The summed E-state index contributed by atoms with van der Waals surface area (Å²) >= 11 is 0. The van der Waals surface area contributed by atoms with E-state index in [9.17, 15) is 0 Å². The summed E-state index contributed by atoms with van der Waals surface area (Å²) < 4.78 is 2.09. The third-order valence-electron chi connectivity index (χ3n) is 2.67. The second-order valence-corrected chi connectivity index (χ2v) is 3.81. The van der Waals surface area contributed by atoms with Crippen LogP contribution in [0.25, 0.3) is 11.0 Å². The van der Waals surface area contributed by atoms with Gasteiger partial charge in [-0.2, -0.15) is 5.26 Å². The van der Waals surface area contributed by atoms with Crippen LogP contribution in [0.3, 0.4) is 0 Å². The van der Waals surface area contributed by atoms with E-state index in [1.807, 2.05) is 24.3 Å². The monoisotopic (exact) mass is 223 g/mol. The lowest BCUT2D eigenvalue weighted by atomic mass is 10.3. The average Bonchev–Trinajstić information content (AvgIpc) is 2.69. The van der Waals surface area contributed by atoms with Crippen LogP contribution in [0.15, 0.2) is 24.3 Å². The molecule has 0 fully saturated rings. The molecule has 17 heavy (non-hydrogen) atoms. The van der Waals surface area contributed by atoms with Crippen LogP contribution >= 0.6 is 0 Å². The zero-order chi connectivity index (χ0) is 12.1. The first kappa shape index (κ1) is 11.2. The highest BCUT2D eigenvalue weighted by molar-refractivity contribution is 5.75. The van der Waals surface area contributed by atoms with Gasteiger partial charge in [0, 0.05) is 13.0 Å². The van der Waals surface area contributed by atoms with E-state index in [1.54, 1.807) is 0 Å². The van der Waals surface area contributed by atoms with E-state index in [0.29, 0.717) is 6.42 Å². The molecule has 3 heteroatoms. The molecule has 2 rings (SSSR count). The maximum absolute atomic E-state index is 8.81. The highest BCUT2D eigenvalue weighted by Gasteiger charge is 2.08. The van der Waals surface area contributed by atoms with Gasteiger partial charge in [-0.25, -0.2) is 4.98 Å². The molecule has 1 aromatic carbocycles. The smallest absolute Gasteiger partial charge is 0.124 e. The molecular formula is C14H13N3. The molecule has 0 bridgehead atoms. The summed E-state index contributed by atoms with van der Waals surface area (Å²) in [5, 5.41) is 8.81. The fourth-order valence-electron chi connectivity index (χ4n) is 1.92. The van der Waals surface area contributed by atoms with Gasteiger partial charge in [0.1, 0.15) is 5.82 Å². The number of aromatic nitrogens is 2. The Morgan fingerprint density at radius 1 is 1.35 bits per heavy atom. The SMILES string of the molecule is C#CCCCn1c(CC#N)nc2ccccc21. The number of nitrogens with zero attached hydrogens (tertiary/aromatic N) is 3. The predicted octanol–water partition coefficient (Wildman–Crippen LogP) is 2.52. The van der Waals surface area contributed by atoms with E-state index in [2.05, 4.69) is 21.5 Å². The molecule has 1 aromatic heterocycles. The van der Waals surface area contributed by atoms with Crippen molar-refractivity contribution < 1.29 is 0 Å². The zero-order valence-corrected chi connectivity index (χ0v) is 9.56. The second-order valence-electron chi connectivity index (χ2n) is 3.81. The number of nitriles is 1. The standard InChI is InChI=1S/C14H13N3/c1-2-3-6-11-17-13-8-5-4-7-12(13)16-14(17)9-10-15/h1,4-5,7-8H,3,6,9,11H2. The van der Waals surface area contributed by atoms with Crippen LogP contribution in [0.1, 0.15) is 18.7 Å². The molecule has 0 aliphatic carbocycles. The molecule has 0 N–H and O–H groups in total. The van der Waals surface area contributed by atoms with Crippen molar-refractivity contribution >= 4 is 11.0 Å². The summed E-state index contributed by atoms with van der Waals surface area (Å²) in [5.74, 6) is 3.46. The fourth-order valence-corrected chi connectivity index (χ4v) is 1.92. The third-order valence-corrected chi connectivity index (χ3v) is 2.67. The van der Waals surface area contributed by atoms with Gasteiger partial charge < -0.3 is 4.57 Å². The Kier molecular flexibility index (Phi) is 3.43. The topological polar surface area (TPSA) is 41.6 Å². The second kappa shape index (κ2) is 5.18. The van der Waals surface area contributed by atoms with Crippen LogP contribution in [0.4, 0.5) is 0 Å². The first-order valence-electron chi connectivity index (χ1n) is 5.61. The number of rotatable bonds is 4. The van der Waals surface area contributed by atoms with Gasteiger partial charge in [-0.05, 0) is 18.6 Å². The summed E-state index contributed by atoms with van der Waals surface area (Å²) in [7, 11) is 0. The van der Waals surface area contributed by atoms with Crippen LogP contribution in [0.2, 0.25) is 0 Å². The van der Waals surface area contributed by atoms with Gasteiger partial charge in [0.2, 0.25) is 0 Å². The number of hydrogen-bond donors (Lipinski definition) is 0. The van der Waals surface area contributed by atoms with Gasteiger partial charge in [0.25, 0.3) is 0 Å². The number of aryl methyl sites for hydroxylation is 1. The normalized spacial score (nSPS) is 10.0. The molecule has 0 aliphatic rings. The van der Waals surface area contributed by atoms with Crippen LogP contribution in [-0.4, -0.2) is 9.55 Å². The molecule has 3 nitrogen and oxygen atoms in total. The molecule has 84 valence electrons. The maximum Gasteiger partial charge on any atom is 0.124 e. The van der Waals surface area contributed by atoms with Gasteiger partial charge in [-0.1, -0.05) is 12.1 Å². The van der Waals surface area contributed by atoms with Crippen molar-refractivity contribution in [1.82, 2.24) is 9.55 Å². The predicted molar refractivity (Wildman–Crippen MR) is 67.1 cm³/mol. The van der Waals surface area contributed by atoms with E-state index >= 15 is 0 Å². The highest BCUT2D eigenvalue weighted by atomic mass is 15.1. The van der Waals surface area contributed by atoms with Crippen molar-refractivity contribution in [2.45, 2.75) is 25.8 Å². The van der Waals surface area contributed by atoms with Crippen LogP contribution in [0.5, 0.6) is 0 Å². The molecule has 2 aromatic rings. The van der Waals surface area contributed by atoms with Gasteiger partial charge in [0.15, 0.2) is 0 Å². The number of hydrogen-bond acceptors (Lipinski definition) is 2. The van der Waals surface area contributed by atoms with Crippen molar-refractivity contribution in [3.63, 3.8) is 0 Å². The molecule has 0 saturated carbocycles. The minimum Gasteiger partial charge on any atom is -0.327 e. The first-order chi connectivity index (χ1) is 8.36. The molecular weight excluding hydrogens is 210 g/mol. The lowest BCUT2D eigenvalue weighted by molar-refractivity contribution is 0.646. The molecule has 0 unspecified atom stereocenters. The Bertz CT molecular complexity index is 596. The number of imidazole rings is 1. The minimum atomic E-state index is 0.338. The van der Waals surface area contributed by atoms with Gasteiger partial charge >= 0.3 is 0 Å². The Morgan fingerprint density at radius 3 is 2.94 bits per heavy atom. The lowest BCUT2D eigenvalue weighted by Gasteiger charge is -2.05. The summed E-state index contributed by atoms with van der Waals surface area (Å²) in [5.41, 5.74) is 2.02. The van der Waals surface area contributed by atoms with E-state index in [4.69, 9.17) is 11.7 Å². The maximum atomic E-state index is 8.81. The Morgan fingerprint density at radius 2 is 2.18 bits per heavy atom. The Balaban J connectivity index is 2.38. The largest absolute Gasteiger partial charge is 0.327 e. The Labute approximate surface area is 101 Å². The zero-order valence-electron chi connectivity index (χ0n) is 9.56. The highest BCUT2D eigenvalue weighted by Crippen LogP contribution is 2.17. The molecule has 0 radical (unpaired) electrons. The van der Waals surface area contributed by atoms with Crippen molar-refractivity contribution in [3.05, 3.63) is 30.1 Å². The quantitative estimate of drug-likeness (QED) is 0.590.